The number of nitrogens with zero attached hydrogens (tertiary/aromatic N) is 3. The van der Waals surface area contributed by atoms with Crippen molar-refractivity contribution >= 4 is 34.7 Å². The molecule has 1 saturated heterocycles. The Bertz CT molecular complexity index is 1710. The number of carbonyl (C=O) groups is 3. The second-order valence-electron chi connectivity index (χ2n) is 10.3. The molecule has 4 atom stereocenters. The maximum absolute atomic E-state index is 13.8. The van der Waals surface area contributed by atoms with Gasteiger partial charge >= 0.3 is 0 Å². The molecule has 1 fully saturated rings. The molecule has 43 heavy (non-hydrogen) atoms. The monoisotopic (exact) mass is 574 g/mol. The van der Waals surface area contributed by atoms with E-state index in [0.717, 1.165) is 4.90 Å². The van der Waals surface area contributed by atoms with Gasteiger partial charge < -0.3 is 10.5 Å². The molecule has 0 saturated carbocycles. The fraction of sp³-hybridized carbons (Fsp3) is 0.121. The van der Waals surface area contributed by atoms with Gasteiger partial charge in [-0.15, -0.1) is 0 Å². The number of ketones is 1. The van der Waals surface area contributed by atoms with Crippen LogP contribution in [0.2, 0.25) is 0 Å². The molecule has 6 rings (SSSR count). The molecule has 2 aliphatic heterocycles. The van der Waals surface area contributed by atoms with E-state index in [0.29, 0.717) is 28.1 Å². The number of hydrazine groups is 1. The largest absolute Gasteiger partial charge is 0.386 e. The van der Waals surface area contributed by atoms with Crippen molar-refractivity contribution in [1.29, 1.82) is 0 Å². The van der Waals surface area contributed by atoms with Crippen molar-refractivity contribution in [3.05, 3.63) is 148 Å². The number of benzene rings is 4. The summed E-state index contributed by atoms with van der Waals surface area (Å²) in [5.74, 6) is -1.85. The summed E-state index contributed by atoms with van der Waals surface area (Å²) in [5, 5.41) is 24.3. The zero-order valence-electron chi connectivity index (χ0n) is 22.7. The lowest BCUT2D eigenvalue weighted by atomic mass is 9.90. The predicted octanol–water partition coefficient (Wildman–Crippen LogP) is 4.68. The highest BCUT2D eigenvalue weighted by Crippen LogP contribution is 2.38. The van der Waals surface area contributed by atoms with Gasteiger partial charge in [-0.1, -0.05) is 84.9 Å². The summed E-state index contributed by atoms with van der Waals surface area (Å²) < 4.78 is 0. The van der Waals surface area contributed by atoms with E-state index in [4.69, 9.17) is 0 Å². The van der Waals surface area contributed by atoms with Crippen molar-refractivity contribution in [2.24, 2.45) is 5.92 Å². The fourth-order valence-electron chi connectivity index (χ4n) is 5.49. The Morgan fingerprint density at radius 2 is 1.40 bits per heavy atom. The minimum absolute atomic E-state index is 0.105. The first-order valence-electron chi connectivity index (χ1n) is 13.6. The topological polar surface area (TPSA) is 133 Å². The van der Waals surface area contributed by atoms with Crippen LogP contribution in [0.15, 0.2) is 121 Å². The number of amides is 2. The molecule has 214 valence electrons. The number of non-ortho nitro benzene ring substituents is 1. The number of para-hydroxylation sites is 1. The average Bonchev–Trinajstić information content (AvgIpc) is 3.31. The van der Waals surface area contributed by atoms with Gasteiger partial charge in [0.05, 0.1) is 28.7 Å². The second-order valence-corrected chi connectivity index (χ2v) is 10.3. The number of aliphatic hydroxyl groups excluding tert-OH is 1. The lowest BCUT2D eigenvalue weighted by Gasteiger charge is -2.40. The third-order valence-electron chi connectivity index (χ3n) is 7.68. The fourth-order valence-corrected chi connectivity index (χ4v) is 5.49. The summed E-state index contributed by atoms with van der Waals surface area (Å²) in [5.41, 5.74) is 5.39. The summed E-state index contributed by atoms with van der Waals surface area (Å²) in [6.45, 7) is 0. The van der Waals surface area contributed by atoms with Crippen LogP contribution in [0.4, 0.5) is 17.1 Å². The van der Waals surface area contributed by atoms with Crippen molar-refractivity contribution in [2.75, 3.05) is 10.3 Å². The number of fused-ring (bicyclic) bond motifs is 1. The van der Waals surface area contributed by atoms with Gasteiger partial charge in [-0.3, -0.25) is 24.5 Å². The van der Waals surface area contributed by atoms with Crippen molar-refractivity contribution < 1.29 is 24.4 Å². The Balaban J connectivity index is 1.33. The summed E-state index contributed by atoms with van der Waals surface area (Å²) in [6.07, 6.45) is 2.15. The van der Waals surface area contributed by atoms with Gasteiger partial charge in [0.15, 0.2) is 5.78 Å². The Kier molecular flexibility index (Phi) is 7.37. The van der Waals surface area contributed by atoms with Crippen LogP contribution >= 0.6 is 0 Å². The molecule has 4 aromatic carbocycles. The van der Waals surface area contributed by atoms with E-state index in [2.05, 4.69) is 5.43 Å². The number of rotatable bonds is 8. The minimum Gasteiger partial charge on any atom is -0.386 e. The number of nitro groups is 1. The normalized spacial score (nSPS) is 20.5. The number of carbonyl (C=O) groups excluding carboxylic acids is 3. The van der Waals surface area contributed by atoms with Gasteiger partial charge in [-0.25, -0.2) is 9.91 Å². The van der Waals surface area contributed by atoms with Crippen LogP contribution in [0.5, 0.6) is 0 Å². The van der Waals surface area contributed by atoms with E-state index in [9.17, 15) is 29.6 Å². The lowest BCUT2D eigenvalue weighted by molar-refractivity contribution is -0.384. The molecule has 0 aliphatic carbocycles. The molecule has 0 bridgehead atoms. The maximum Gasteiger partial charge on any atom is 0.269 e. The number of nitrogens with one attached hydrogen (secondary N) is 1. The third kappa shape index (κ3) is 5.21. The first-order valence-corrected chi connectivity index (χ1v) is 13.6. The maximum atomic E-state index is 13.8. The molecular weight excluding hydrogens is 548 g/mol. The van der Waals surface area contributed by atoms with Gasteiger partial charge in [0.2, 0.25) is 5.91 Å². The summed E-state index contributed by atoms with van der Waals surface area (Å²) in [4.78, 5) is 52.0. The van der Waals surface area contributed by atoms with Crippen LogP contribution in [0.1, 0.15) is 27.6 Å². The smallest absolute Gasteiger partial charge is 0.269 e. The van der Waals surface area contributed by atoms with Crippen LogP contribution in [-0.4, -0.2) is 44.7 Å². The quantitative estimate of drug-likeness (QED) is 0.102. The number of nitro benzene ring substituents is 1. The van der Waals surface area contributed by atoms with Crippen LogP contribution in [0, 0.1) is 16.0 Å². The molecule has 0 radical (unpaired) electrons. The molecule has 0 spiro atoms. The Hall–Kier alpha value is -5.45. The van der Waals surface area contributed by atoms with E-state index < -0.39 is 40.8 Å². The van der Waals surface area contributed by atoms with Crippen LogP contribution < -0.4 is 10.3 Å². The molecule has 2 unspecified atom stereocenters. The third-order valence-corrected chi connectivity index (χ3v) is 7.68. The van der Waals surface area contributed by atoms with Gasteiger partial charge in [0.1, 0.15) is 6.04 Å². The molecule has 2 N–H and O–H groups in total. The van der Waals surface area contributed by atoms with Gasteiger partial charge in [-0.05, 0) is 29.8 Å². The summed E-state index contributed by atoms with van der Waals surface area (Å²) in [6, 6.07) is 27.9. The highest BCUT2D eigenvalue weighted by molar-refractivity contribution is 6.24. The molecule has 2 amide bonds. The minimum atomic E-state index is -1.17. The highest BCUT2D eigenvalue weighted by atomic mass is 16.6. The van der Waals surface area contributed by atoms with Crippen LogP contribution in [0.25, 0.3) is 0 Å². The van der Waals surface area contributed by atoms with E-state index >= 15 is 0 Å². The molecule has 4 aromatic rings. The van der Waals surface area contributed by atoms with E-state index in [1.54, 1.807) is 91.0 Å². The SMILES string of the molecule is O=C(c1ccccc1)c1ccc([C@H](O)C2C=CC3C(=O)N(c4ccccc4)C(=O)[C@H]3N2Nc2ccc([N+](=O)[O-])cc2)cc1. The summed E-state index contributed by atoms with van der Waals surface area (Å²) in [7, 11) is 0. The van der Waals surface area contributed by atoms with E-state index in [1.165, 1.54) is 29.3 Å². The first-order chi connectivity index (χ1) is 20.8. The zero-order valence-corrected chi connectivity index (χ0v) is 22.7. The van der Waals surface area contributed by atoms with Crippen molar-refractivity contribution in [1.82, 2.24) is 5.01 Å². The number of hydrogen-bond donors (Lipinski definition) is 2. The number of anilines is 2. The zero-order chi connectivity index (χ0) is 30.1. The van der Waals surface area contributed by atoms with Gasteiger partial charge in [0, 0.05) is 28.9 Å². The van der Waals surface area contributed by atoms with Crippen molar-refractivity contribution in [2.45, 2.75) is 18.2 Å². The standard InChI is InChI=1S/C33H26N4O6/c38-30(21-7-3-1-4-8-21)22-11-13-23(14-12-22)31(39)28-20-19-27-29(33(41)35(32(27)40)25-9-5-2-6-10-25)36(28)34-24-15-17-26(18-16-24)37(42)43/h1-20,27-29,31,34,39H/t27?,28?,29-,31-/m0/s1. The Morgan fingerprint density at radius 3 is 2.02 bits per heavy atom. The van der Waals surface area contributed by atoms with Crippen LogP contribution in [-0.2, 0) is 9.59 Å². The van der Waals surface area contributed by atoms with Crippen molar-refractivity contribution in [3.8, 4) is 0 Å². The van der Waals surface area contributed by atoms with Crippen molar-refractivity contribution in [3.63, 3.8) is 0 Å². The van der Waals surface area contributed by atoms with Crippen LogP contribution in [0.3, 0.4) is 0 Å². The van der Waals surface area contributed by atoms with Gasteiger partial charge in [0.25, 0.3) is 11.6 Å². The molecular formula is C33H26N4O6. The van der Waals surface area contributed by atoms with E-state index in [1.807, 2.05) is 6.07 Å². The summed E-state index contributed by atoms with van der Waals surface area (Å²) >= 11 is 0. The number of imide groups is 1. The molecule has 0 aromatic heterocycles. The Labute approximate surface area is 246 Å². The molecule has 10 heteroatoms. The van der Waals surface area contributed by atoms with Gasteiger partial charge in [-0.2, -0.15) is 0 Å². The lowest BCUT2D eigenvalue weighted by Crippen LogP contribution is -2.55. The second kappa shape index (κ2) is 11.4. The first kappa shape index (κ1) is 27.7. The highest BCUT2D eigenvalue weighted by Gasteiger charge is 2.54. The average molecular weight is 575 g/mol. The Morgan fingerprint density at radius 1 is 0.791 bits per heavy atom. The number of hydrogen-bond acceptors (Lipinski definition) is 8. The molecule has 2 aliphatic rings. The molecule has 10 nitrogen and oxygen atoms in total. The predicted molar refractivity (Wildman–Crippen MR) is 159 cm³/mol. The number of aliphatic hydroxyl groups is 1. The molecule has 2 heterocycles. The van der Waals surface area contributed by atoms with E-state index in [-0.39, 0.29) is 11.5 Å².